The number of amides is 1. The van der Waals surface area contributed by atoms with Gasteiger partial charge in [-0.15, -0.1) is 0 Å². The highest BCUT2D eigenvalue weighted by Crippen LogP contribution is 2.30. The molecule has 3 rings (SSSR count). The summed E-state index contributed by atoms with van der Waals surface area (Å²) >= 11 is 0. The Bertz CT molecular complexity index is 476. The van der Waals surface area contributed by atoms with Crippen molar-refractivity contribution in [2.24, 2.45) is 5.92 Å². The zero-order chi connectivity index (χ0) is 14.7. The summed E-state index contributed by atoms with van der Waals surface area (Å²) in [6.07, 6.45) is 5.37. The first-order chi connectivity index (χ1) is 10.2. The maximum Gasteiger partial charge on any atom is 0.227 e. The Morgan fingerprint density at radius 3 is 2.62 bits per heavy atom. The molecule has 0 spiro atoms. The average Bonchev–Trinajstić information content (AvgIpc) is 3.00. The maximum atomic E-state index is 12.7. The van der Waals surface area contributed by atoms with Crippen molar-refractivity contribution in [3.8, 4) is 0 Å². The number of aryl methyl sites for hydroxylation is 1. The van der Waals surface area contributed by atoms with Gasteiger partial charge in [-0.25, -0.2) is 0 Å². The number of piperidine rings is 1. The van der Waals surface area contributed by atoms with E-state index in [1.54, 1.807) is 0 Å². The van der Waals surface area contributed by atoms with Gasteiger partial charge in [-0.05, 0) is 57.2 Å². The summed E-state index contributed by atoms with van der Waals surface area (Å²) in [6.45, 7) is 5.26. The minimum Gasteiger partial charge on any atom is -0.339 e. The fourth-order valence-corrected chi connectivity index (χ4v) is 3.80. The van der Waals surface area contributed by atoms with Crippen LogP contribution >= 0.6 is 0 Å². The molecular weight excluding hydrogens is 260 g/mol. The van der Waals surface area contributed by atoms with Gasteiger partial charge in [-0.2, -0.15) is 0 Å². The van der Waals surface area contributed by atoms with Gasteiger partial charge in [0, 0.05) is 12.6 Å². The van der Waals surface area contributed by atoms with Crippen LogP contribution in [0.2, 0.25) is 0 Å². The lowest BCUT2D eigenvalue weighted by molar-refractivity contribution is -0.132. The Kier molecular flexibility index (Phi) is 4.59. The van der Waals surface area contributed by atoms with Crippen LogP contribution < -0.4 is 5.32 Å². The van der Waals surface area contributed by atoms with Crippen molar-refractivity contribution in [1.29, 1.82) is 0 Å². The lowest BCUT2D eigenvalue weighted by Crippen LogP contribution is -2.44. The van der Waals surface area contributed by atoms with Crippen LogP contribution in [0.25, 0.3) is 0 Å². The summed E-state index contributed by atoms with van der Waals surface area (Å²) in [5, 5.41) is 3.42. The first kappa shape index (κ1) is 14.6. The number of likely N-dealkylation sites (tertiary alicyclic amines) is 1. The van der Waals surface area contributed by atoms with E-state index in [1.165, 1.54) is 31.2 Å². The van der Waals surface area contributed by atoms with Crippen molar-refractivity contribution in [2.45, 2.75) is 45.1 Å². The van der Waals surface area contributed by atoms with E-state index in [1.807, 2.05) is 0 Å². The number of hydrogen-bond acceptors (Lipinski definition) is 2. The molecule has 0 aliphatic carbocycles. The molecular formula is C18H26N2O. The molecule has 0 saturated carbocycles. The normalized spacial score (nSPS) is 23.5. The average molecular weight is 286 g/mol. The number of hydrogen-bond donors (Lipinski definition) is 1. The lowest BCUT2D eigenvalue weighted by atomic mass is 9.88. The Hall–Kier alpha value is -1.35. The Balaban J connectivity index is 1.63. The van der Waals surface area contributed by atoms with Crippen LogP contribution in [0.3, 0.4) is 0 Å². The molecule has 21 heavy (non-hydrogen) atoms. The molecule has 0 bridgehead atoms. The van der Waals surface area contributed by atoms with Crippen molar-refractivity contribution in [3.05, 3.63) is 35.4 Å². The largest absolute Gasteiger partial charge is 0.339 e. The molecule has 0 aromatic heterocycles. The second-order valence-electron chi connectivity index (χ2n) is 6.55. The first-order valence-electron chi connectivity index (χ1n) is 8.30. The number of nitrogens with one attached hydrogen (secondary N) is 1. The third-order valence-corrected chi connectivity index (χ3v) is 5.02. The Labute approximate surface area is 127 Å². The molecule has 3 nitrogen and oxygen atoms in total. The topological polar surface area (TPSA) is 32.3 Å². The molecule has 1 aromatic carbocycles. The zero-order valence-electron chi connectivity index (χ0n) is 13.0. The van der Waals surface area contributed by atoms with Crippen LogP contribution in [0, 0.1) is 12.8 Å². The van der Waals surface area contributed by atoms with Crippen LogP contribution in [0.1, 0.15) is 36.8 Å². The van der Waals surface area contributed by atoms with Crippen LogP contribution in [-0.4, -0.2) is 36.5 Å². The van der Waals surface area contributed by atoms with Crippen LogP contribution in [-0.2, 0) is 11.2 Å². The lowest BCUT2D eigenvalue weighted by Gasteiger charge is -2.34. The van der Waals surface area contributed by atoms with Gasteiger partial charge >= 0.3 is 0 Å². The minimum absolute atomic E-state index is 0.319. The monoisotopic (exact) mass is 286 g/mol. The van der Waals surface area contributed by atoms with E-state index in [2.05, 4.69) is 41.4 Å². The summed E-state index contributed by atoms with van der Waals surface area (Å²) < 4.78 is 0. The molecule has 1 aromatic rings. The second kappa shape index (κ2) is 6.61. The number of carbonyl (C=O) groups excluding carboxylic acids is 1. The highest BCUT2D eigenvalue weighted by Gasteiger charge is 2.34. The second-order valence-corrected chi connectivity index (χ2v) is 6.55. The van der Waals surface area contributed by atoms with Crippen LogP contribution in [0.5, 0.6) is 0 Å². The van der Waals surface area contributed by atoms with E-state index in [-0.39, 0.29) is 0 Å². The molecule has 2 saturated heterocycles. The molecule has 0 radical (unpaired) electrons. The minimum atomic E-state index is 0.319. The number of carbonyl (C=O) groups is 1. The van der Waals surface area contributed by atoms with Gasteiger partial charge in [0.05, 0.1) is 6.42 Å². The molecule has 2 fully saturated rings. The van der Waals surface area contributed by atoms with Crippen LogP contribution in [0.4, 0.5) is 0 Å². The highest BCUT2D eigenvalue weighted by molar-refractivity contribution is 5.79. The Morgan fingerprint density at radius 2 is 1.90 bits per heavy atom. The molecule has 3 heteroatoms. The number of nitrogens with zero attached hydrogens (tertiary/aromatic N) is 1. The van der Waals surface area contributed by atoms with Crippen LogP contribution in [0.15, 0.2) is 24.3 Å². The van der Waals surface area contributed by atoms with Crippen molar-refractivity contribution in [2.75, 3.05) is 19.6 Å². The highest BCUT2D eigenvalue weighted by atomic mass is 16.2. The van der Waals surface area contributed by atoms with Crippen molar-refractivity contribution >= 4 is 5.91 Å². The van der Waals surface area contributed by atoms with E-state index in [9.17, 15) is 4.79 Å². The van der Waals surface area contributed by atoms with Gasteiger partial charge in [-0.1, -0.05) is 29.8 Å². The summed E-state index contributed by atoms with van der Waals surface area (Å²) in [7, 11) is 0. The summed E-state index contributed by atoms with van der Waals surface area (Å²) in [6, 6.07) is 8.85. The van der Waals surface area contributed by atoms with Gasteiger partial charge < -0.3 is 10.2 Å². The van der Waals surface area contributed by atoms with Gasteiger partial charge in [-0.3, -0.25) is 4.79 Å². The van der Waals surface area contributed by atoms with Crippen molar-refractivity contribution < 1.29 is 4.79 Å². The predicted octanol–water partition coefficient (Wildman–Crippen LogP) is 2.53. The molecule has 1 N–H and O–H groups in total. The van der Waals surface area contributed by atoms with E-state index in [0.29, 0.717) is 24.3 Å². The quantitative estimate of drug-likeness (QED) is 0.926. The molecule has 2 aliphatic heterocycles. The third-order valence-electron chi connectivity index (χ3n) is 5.02. The van der Waals surface area contributed by atoms with E-state index in [4.69, 9.17) is 0 Å². The summed E-state index contributed by atoms with van der Waals surface area (Å²) in [5.74, 6) is 1.02. The number of rotatable bonds is 3. The summed E-state index contributed by atoms with van der Waals surface area (Å²) in [4.78, 5) is 14.8. The summed E-state index contributed by atoms with van der Waals surface area (Å²) in [5.41, 5.74) is 2.39. The van der Waals surface area contributed by atoms with E-state index < -0.39 is 0 Å². The molecule has 1 unspecified atom stereocenters. The van der Waals surface area contributed by atoms with Gasteiger partial charge in [0.25, 0.3) is 0 Å². The molecule has 2 aliphatic rings. The molecule has 114 valence electrons. The fourth-order valence-electron chi connectivity index (χ4n) is 3.80. The molecule has 2 heterocycles. The smallest absolute Gasteiger partial charge is 0.227 e. The molecule has 1 amide bonds. The van der Waals surface area contributed by atoms with Gasteiger partial charge in [0.15, 0.2) is 0 Å². The SMILES string of the molecule is Cc1ccc(CC(=O)N2CCCC2C2CCNCC2)cc1. The number of benzene rings is 1. The first-order valence-corrected chi connectivity index (χ1v) is 8.30. The standard InChI is InChI=1S/C18H26N2O/c1-14-4-6-15(7-5-14)13-18(21)20-12-2-3-17(20)16-8-10-19-11-9-16/h4-7,16-17,19H,2-3,8-13H2,1H3. The predicted molar refractivity (Wildman–Crippen MR) is 85.2 cm³/mol. The van der Waals surface area contributed by atoms with Gasteiger partial charge in [0.2, 0.25) is 5.91 Å². The van der Waals surface area contributed by atoms with Gasteiger partial charge in [0.1, 0.15) is 0 Å². The third kappa shape index (κ3) is 3.46. The fraction of sp³-hybridized carbons (Fsp3) is 0.611. The Morgan fingerprint density at radius 1 is 1.19 bits per heavy atom. The zero-order valence-corrected chi connectivity index (χ0v) is 13.0. The van der Waals surface area contributed by atoms with E-state index in [0.717, 1.165) is 25.2 Å². The maximum absolute atomic E-state index is 12.7. The van der Waals surface area contributed by atoms with Crippen molar-refractivity contribution in [3.63, 3.8) is 0 Å². The molecule has 1 atom stereocenters. The van der Waals surface area contributed by atoms with Crippen molar-refractivity contribution in [1.82, 2.24) is 10.2 Å². The van der Waals surface area contributed by atoms with E-state index >= 15 is 0 Å².